The maximum Gasteiger partial charge on any atom is 0.303 e. The number of hydrogen-bond acceptors (Lipinski definition) is 4. The first-order valence-electron chi connectivity index (χ1n) is 10.4. The van der Waals surface area contributed by atoms with E-state index < -0.39 is 12.1 Å². The van der Waals surface area contributed by atoms with Gasteiger partial charge in [0.2, 0.25) is 0 Å². The Hall–Kier alpha value is -0.910. The molecule has 0 aromatic rings. The van der Waals surface area contributed by atoms with Crippen molar-refractivity contribution in [2.24, 2.45) is 0 Å². The van der Waals surface area contributed by atoms with Crippen molar-refractivity contribution in [2.75, 3.05) is 13.2 Å². The molecule has 0 fully saturated rings. The van der Waals surface area contributed by atoms with Gasteiger partial charge in [-0.05, 0) is 38.5 Å². The Labute approximate surface area is 159 Å². The summed E-state index contributed by atoms with van der Waals surface area (Å²) in [7, 11) is 0. The molecule has 3 N–H and O–H groups in total. The molecule has 0 amide bonds. The van der Waals surface area contributed by atoms with Crippen LogP contribution in [0.1, 0.15) is 90.4 Å². The van der Waals surface area contributed by atoms with Crippen LogP contribution in [0.4, 0.5) is 0 Å². The normalized spacial score (nSPS) is 14.0. The minimum atomic E-state index is -0.847. The molecule has 0 spiro atoms. The predicted octanol–water partition coefficient (Wildman–Crippen LogP) is 4.46. The first-order valence-corrected chi connectivity index (χ1v) is 10.4. The van der Waals surface area contributed by atoms with Crippen molar-refractivity contribution in [3.05, 3.63) is 12.2 Å². The van der Waals surface area contributed by atoms with Crippen LogP contribution < -0.4 is 0 Å². The zero-order chi connectivity index (χ0) is 19.5. The summed E-state index contributed by atoms with van der Waals surface area (Å²) in [4.78, 5) is 10.6. The molecule has 5 nitrogen and oxygen atoms in total. The molecule has 0 saturated heterocycles. The molecule has 0 aliphatic carbocycles. The van der Waals surface area contributed by atoms with Crippen LogP contribution in [0.5, 0.6) is 0 Å². The van der Waals surface area contributed by atoms with Gasteiger partial charge in [0.25, 0.3) is 0 Å². The second-order valence-corrected chi connectivity index (χ2v) is 7.04. The predicted molar refractivity (Wildman–Crippen MR) is 105 cm³/mol. The first kappa shape index (κ1) is 25.1. The fourth-order valence-corrected chi connectivity index (χ4v) is 2.82. The summed E-state index contributed by atoms with van der Waals surface area (Å²) in [6.07, 6.45) is 16.8. The van der Waals surface area contributed by atoms with E-state index in [0.717, 1.165) is 32.1 Å². The van der Waals surface area contributed by atoms with Crippen LogP contribution in [-0.4, -0.2) is 46.7 Å². The third kappa shape index (κ3) is 17.9. The van der Waals surface area contributed by atoms with E-state index in [4.69, 9.17) is 14.9 Å². The quantitative estimate of drug-likeness (QED) is 0.230. The van der Waals surface area contributed by atoms with Crippen molar-refractivity contribution >= 4 is 5.97 Å². The highest BCUT2D eigenvalue weighted by atomic mass is 16.5. The summed E-state index contributed by atoms with van der Waals surface area (Å²) < 4.78 is 5.69. The third-order valence-electron chi connectivity index (χ3n) is 4.45. The van der Waals surface area contributed by atoms with Crippen molar-refractivity contribution in [3.63, 3.8) is 0 Å². The average molecular weight is 373 g/mol. The molecule has 0 rings (SSSR count). The maximum absolute atomic E-state index is 10.6. The number of aliphatic hydroxyl groups is 2. The highest BCUT2D eigenvalue weighted by Gasteiger charge is 2.11. The number of carboxylic acids is 1. The molecule has 2 atom stereocenters. The van der Waals surface area contributed by atoms with Gasteiger partial charge >= 0.3 is 5.97 Å². The Balaban J connectivity index is 3.88. The molecule has 0 radical (unpaired) electrons. The number of ether oxygens (including phenoxy) is 1. The van der Waals surface area contributed by atoms with Gasteiger partial charge in [-0.25, -0.2) is 0 Å². The zero-order valence-corrected chi connectivity index (χ0v) is 16.6. The third-order valence-corrected chi connectivity index (χ3v) is 4.45. The maximum atomic E-state index is 10.6. The van der Waals surface area contributed by atoms with Gasteiger partial charge in [0.05, 0.1) is 19.3 Å². The standard InChI is InChI=1S/C21H40O5/c1-2-3-4-5-6-7-8-9-10-11-14-20(26-18-19(23)17-22)15-12-13-16-21(24)25/h9-10,19-20,22-23H,2-8,11-18H2,1H3,(H,24,25)/b10-9-. The van der Waals surface area contributed by atoms with Gasteiger partial charge in [-0.15, -0.1) is 0 Å². The molecule has 0 aromatic heterocycles. The SMILES string of the molecule is CCCCCCCC/C=C\CCC(CCCCC(=O)O)OCC(O)CO. The van der Waals surface area contributed by atoms with Crippen LogP contribution in [0.15, 0.2) is 12.2 Å². The highest BCUT2D eigenvalue weighted by molar-refractivity contribution is 5.66. The number of aliphatic hydroxyl groups excluding tert-OH is 2. The summed E-state index contributed by atoms with van der Waals surface area (Å²) in [5, 5.41) is 27.0. The van der Waals surface area contributed by atoms with E-state index in [1.165, 1.54) is 38.5 Å². The lowest BCUT2D eigenvalue weighted by Crippen LogP contribution is -2.24. The minimum absolute atomic E-state index is 0.00342. The van der Waals surface area contributed by atoms with E-state index in [9.17, 15) is 9.90 Å². The van der Waals surface area contributed by atoms with E-state index >= 15 is 0 Å². The summed E-state index contributed by atoms with van der Waals surface area (Å²) >= 11 is 0. The summed E-state index contributed by atoms with van der Waals surface area (Å²) in [5.41, 5.74) is 0. The van der Waals surface area contributed by atoms with Crippen molar-refractivity contribution in [3.8, 4) is 0 Å². The van der Waals surface area contributed by atoms with Gasteiger partial charge < -0.3 is 20.1 Å². The number of unbranched alkanes of at least 4 members (excludes halogenated alkanes) is 7. The number of carboxylic acid groups (broad SMARTS) is 1. The van der Waals surface area contributed by atoms with Crippen LogP contribution in [0.2, 0.25) is 0 Å². The Morgan fingerprint density at radius 3 is 2.35 bits per heavy atom. The van der Waals surface area contributed by atoms with E-state index in [0.29, 0.717) is 6.42 Å². The molecule has 0 aliphatic rings. The van der Waals surface area contributed by atoms with E-state index in [-0.39, 0.29) is 25.7 Å². The lowest BCUT2D eigenvalue weighted by Gasteiger charge is -2.19. The molecule has 0 heterocycles. The Morgan fingerprint density at radius 2 is 1.65 bits per heavy atom. The summed E-state index contributed by atoms with van der Waals surface area (Å²) in [5.74, 6) is -0.768. The lowest BCUT2D eigenvalue weighted by molar-refractivity contribution is -0.137. The van der Waals surface area contributed by atoms with Gasteiger partial charge in [-0.3, -0.25) is 4.79 Å². The average Bonchev–Trinajstić information content (AvgIpc) is 2.63. The molecule has 5 heteroatoms. The first-order chi connectivity index (χ1) is 12.6. The van der Waals surface area contributed by atoms with E-state index in [1.54, 1.807) is 0 Å². The van der Waals surface area contributed by atoms with Gasteiger partial charge in [-0.2, -0.15) is 0 Å². The van der Waals surface area contributed by atoms with Gasteiger partial charge in [0, 0.05) is 6.42 Å². The smallest absolute Gasteiger partial charge is 0.303 e. The number of aliphatic carboxylic acids is 1. The number of rotatable bonds is 19. The number of carbonyl (C=O) groups is 1. The van der Waals surface area contributed by atoms with Crippen LogP contribution in [0, 0.1) is 0 Å². The van der Waals surface area contributed by atoms with Crippen molar-refractivity contribution in [1.82, 2.24) is 0 Å². The van der Waals surface area contributed by atoms with Crippen molar-refractivity contribution < 1.29 is 24.9 Å². The number of hydrogen-bond donors (Lipinski definition) is 3. The molecular formula is C21H40O5. The fraction of sp³-hybridized carbons (Fsp3) is 0.857. The van der Waals surface area contributed by atoms with Crippen LogP contribution in [0.25, 0.3) is 0 Å². The van der Waals surface area contributed by atoms with Crippen LogP contribution in [-0.2, 0) is 9.53 Å². The topological polar surface area (TPSA) is 87.0 Å². The van der Waals surface area contributed by atoms with E-state index in [2.05, 4.69) is 19.1 Å². The summed E-state index contributed by atoms with van der Waals surface area (Å²) in [6, 6.07) is 0. The molecular weight excluding hydrogens is 332 g/mol. The van der Waals surface area contributed by atoms with Crippen LogP contribution >= 0.6 is 0 Å². The van der Waals surface area contributed by atoms with Gasteiger partial charge in [0.1, 0.15) is 6.10 Å². The van der Waals surface area contributed by atoms with Crippen molar-refractivity contribution in [2.45, 2.75) is 103 Å². The molecule has 0 aliphatic heterocycles. The minimum Gasteiger partial charge on any atom is -0.481 e. The Bertz CT molecular complexity index is 343. The lowest BCUT2D eigenvalue weighted by atomic mass is 10.0. The molecule has 26 heavy (non-hydrogen) atoms. The van der Waals surface area contributed by atoms with E-state index in [1.807, 2.05) is 0 Å². The van der Waals surface area contributed by atoms with Crippen LogP contribution in [0.3, 0.4) is 0 Å². The molecule has 0 bridgehead atoms. The second-order valence-electron chi connectivity index (χ2n) is 7.04. The van der Waals surface area contributed by atoms with Gasteiger partial charge in [0.15, 0.2) is 0 Å². The molecule has 2 unspecified atom stereocenters. The van der Waals surface area contributed by atoms with Crippen molar-refractivity contribution in [1.29, 1.82) is 0 Å². The molecule has 154 valence electrons. The Kier molecular flexibility index (Phi) is 18.2. The largest absolute Gasteiger partial charge is 0.481 e. The number of allylic oxidation sites excluding steroid dienone is 2. The zero-order valence-electron chi connectivity index (χ0n) is 16.6. The molecule has 0 saturated carbocycles. The monoisotopic (exact) mass is 372 g/mol. The second kappa shape index (κ2) is 18.9. The highest BCUT2D eigenvalue weighted by Crippen LogP contribution is 2.14. The Morgan fingerprint density at radius 1 is 0.962 bits per heavy atom. The fourth-order valence-electron chi connectivity index (χ4n) is 2.82. The summed E-state index contributed by atoms with van der Waals surface area (Å²) in [6.45, 7) is 2.06. The molecule has 0 aromatic carbocycles. The van der Waals surface area contributed by atoms with Gasteiger partial charge in [-0.1, -0.05) is 57.6 Å².